The molecule has 0 saturated heterocycles. The van der Waals surface area contributed by atoms with Gasteiger partial charge in [0.25, 0.3) is 0 Å². The molecule has 128 valence electrons. The lowest BCUT2D eigenvalue weighted by molar-refractivity contribution is -0.138. The molecule has 0 heterocycles. The van der Waals surface area contributed by atoms with Crippen molar-refractivity contribution >= 4 is 96.3 Å². The third-order valence-corrected chi connectivity index (χ3v) is 6.12. The predicted molar refractivity (Wildman–Crippen MR) is 125 cm³/mol. The second-order valence-electron chi connectivity index (χ2n) is 4.86. The van der Waals surface area contributed by atoms with E-state index < -0.39 is 12.0 Å². The first-order valence-corrected chi connectivity index (χ1v) is 10.8. The van der Waals surface area contributed by atoms with Gasteiger partial charge in [-0.05, 0) is 120 Å². The van der Waals surface area contributed by atoms with Gasteiger partial charge in [-0.3, -0.25) is 4.79 Å². The Hall–Kier alpha value is 0.390. The Balaban J connectivity index is 2.44. The number of nitrogens with two attached hydrogens (primary N) is 1. The summed E-state index contributed by atoms with van der Waals surface area (Å²) < 4.78 is 9.22. The summed E-state index contributed by atoms with van der Waals surface area (Å²) in [7, 11) is 0. The summed E-state index contributed by atoms with van der Waals surface area (Å²) in [6, 6.07) is 6.28. The number of carbonyl (C=O) groups is 1. The highest BCUT2D eigenvalue weighted by molar-refractivity contribution is 14.1. The van der Waals surface area contributed by atoms with Gasteiger partial charge in [0.15, 0.2) is 0 Å². The van der Waals surface area contributed by atoms with Crippen molar-refractivity contribution in [3.05, 3.63) is 44.1 Å². The highest BCUT2D eigenvalue weighted by atomic mass is 127. The highest BCUT2D eigenvalue weighted by Gasteiger charge is 2.19. The molecular weight excluding hydrogens is 766 g/mol. The topological polar surface area (TPSA) is 92.8 Å². The maximum atomic E-state index is 11.1. The van der Waals surface area contributed by atoms with Crippen LogP contribution < -0.4 is 10.5 Å². The maximum Gasteiger partial charge on any atom is 0.320 e. The van der Waals surface area contributed by atoms with Gasteiger partial charge in [0, 0.05) is 9.99 Å². The van der Waals surface area contributed by atoms with Crippen molar-refractivity contribution in [3.63, 3.8) is 0 Å². The number of carboxylic acid groups (broad SMARTS) is 1. The van der Waals surface area contributed by atoms with Crippen molar-refractivity contribution in [2.24, 2.45) is 5.73 Å². The van der Waals surface area contributed by atoms with E-state index >= 15 is 0 Å². The minimum Gasteiger partial charge on any atom is -0.506 e. The van der Waals surface area contributed by atoms with Crippen molar-refractivity contribution < 1.29 is 19.7 Å². The van der Waals surface area contributed by atoms with E-state index in [0.29, 0.717) is 18.6 Å². The lowest BCUT2D eigenvalue weighted by Gasteiger charge is -2.16. The zero-order valence-corrected chi connectivity index (χ0v) is 20.5. The molecule has 5 nitrogen and oxygen atoms in total. The first kappa shape index (κ1) is 20.7. The number of hydrogen-bond acceptors (Lipinski definition) is 4. The van der Waals surface area contributed by atoms with Crippen LogP contribution in [-0.2, 0) is 11.2 Å². The fourth-order valence-electron chi connectivity index (χ4n) is 1.92. The van der Waals surface area contributed by atoms with Crippen molar-refractivity contribution in [1.29, 1.82) is 0 Å². The zero-order chi connectivity index (χ0) is 18.0. The first-order chi connectivity index (χ1) is 11.2. The summed E-state index contributed by atoms with van der Waals surface area (Å²) >= 11 is 8.40. The van der Waals surface area contributed by atoms with Gasteiger partial charge < -0.3 is 20.7 Å². The molecule has 0 saturated carbocycles. The van der Waals surface area contributed by atoms with Crippen LogP contribution in [0.1, 0.15) is 5.56 Å². The second-order valence-corrected chi connectivity index (χ2v) is 9.59. The summed E-state index contributed by atoms with van der Waals surface area (Å²) in [4.78, 5) is 11.1. The molecule has 2 rings (SSSR count). The summed E-state index contributed by atoms with van der Waals surface area (Å²) in [5.74, 6) is 0.327. The molecule has 24 heavy (non-hydrogen) atoms. The van der Waals surface area contributed by atoms with Gasteiger partial charge >= 0.3 is 5.97 Å². The fraction of sp³-hybridized carbons (Fsp3) is 0.133. The standard InChI is InChI=1S/C15H11I4NO4/c16-7-1-6(2-12(20)15(22)23)14(11(19)3-7)24-8-4-9(17)13(21)10(18)5-8/h1,3-5,12,21H,2,20H2,(H,22,23)/t12-/m0/s1. The van der Waals surface area contributed by atoms with Crippen molar-refractivity contribution in [2.75, 3.05) is 0 Å². The van der Waals surface area contributed by atoms with Crippen LogP contribution in [0.25, 0.3) is 0 Å². The lowest BCUT2D eigenvalue weighted by atomic mass is 10.1. The van der Waals surface area contributed by atoms with Crippen molar-refractivity contribution in [2.45, 2.75) is 12.5 Å². The molecule has 9 heteroatoms. The van der Waals surface area contributed by atoms with Crippen LogP contribution in [0.5, 0.6) is 17.2 Å². The molecule has 0 fully saturated rings. The number of aliphatic carboxylic acids is 1. The average molecular weight is 777 g/mol. The van der Waals surface area contributed by atoms with Crippen LogP contribution in [0.4, 0.5) is 0 Å². The zero-order valence-electron chi connectivity index (χ0n) is 11.9. The molecule has 0 unspecified atom stereocenters. The monoisotopic (exact) mass is 777 g/mol. The van der Waals surface area contributed by atoms with Crippen LogP contribution in [0.2, 0.25) is 0 Å². The number of hydrogen-bond donors (Lipinski definition) is 3. The number of aromatic hydroxyl groups is 1. The van der Waals surface area contributed by atoms with E-state index in [-0.39, 0.29) is 12.2 Å². The fourth-order valence-corrected chi connectivity index (χ4v) is 5.71. The summed E-state index contributed by atoms with van der Waals surface area (Å²) in [6.07, 6.45) is 0.170. The third kappa shape index (κ3) is 5.20. The van der Waals surface area contributed by atoms with E-state index in [0.717, 1.165) is 12.7 Å². The number of rotatable bonds is 5. The molecule has 0 radical (unpaired) electrons. The Morgan fingerprint density at radius 3 is 2.21 bits per heavy atom. The summed E-state index contributed by atoms with van der Waals surface area (Å²) in [6.45, 7) is 0. The molecule has 2 aromatic carbocycles. The van der Waals surface area contributed by atoms with Crippen molar-refractivity contribution in [1.82, 2.24) is 0 Å². The quantitative estimate of drug-likeness (QED) is 0.388. The van der Waals surface area contributed by atoms with E-state index in [1.165, 1.54) is 0 Å². The van der Waals surface area contributed by atoms with E-state index in [4.69, 9.17) is 15.6 Å². The SMILES string of the molecule is N[C@@H](Cc1cc(I)cc(I)c1Oc1cc(I)c(O)c(I)c1)C(=O)O. The molecule has 1 atom stereocenters. The lowest BCUT2D eigenvalue weighted by Crippen LogP contribution is -2.32. The van der Waals surface area contributed by atoms with Crippen LogP contribution in [-0.4, -0.2) is 22.2 Å². The molecular formula is C15H11I4NO4. The second kappa shape index (κ2) is 8.85. The smallest absolute Gasteiger partial charge is 0.320 e. The number of carboxylic acids is 1. The molecule has 0 amide bonds. The van der Waals surface area contributed by atoms with E-state index in [2.05, 4.69) is 45.2 Å². The van der Waals surface area contributed by atoms with Crippen LogP contribution in [0, 0.1) is 14.3 Å². The highest BCUT2D eigenvalue weighted by Crippen LogP contribution is 2.36. The molecule has 0 aromatic heterocycles. The van der Waals surface area contributed by atoms with Crippen LogP contribution >= 0.6 is 90.4 Å². The summed E-state index contributed by atoms with van der Waals surface area (Å²) in [5.41, 5.74) is 6.42. The van der Waals surface area contributed by atoms with Gasteiger partial charge in [-0.2, -0.15) is 0 Å². The Morgan fingerprint density at radius 2 is 1.67 bits per heavy atom. The Morgan fingerprint density at radius 1 is 1.08 bits per heavy atom. The largest absolute Gasteiger partial charge is 0.506 e. The normalized spacial score (nSPS) is 12.0. The molecule has 0 aliphatic carbocycles. The van der Waals surface area contributed by atoms with Crippen LogP contribution in [0.15, 0.2) is 24.3 Å². The molecule has 0 aliphatic heterocycles. The third-order valence-electron chi connectivity index (χ3n) is 3.05. The minimum absolute atomic E-state index is 0.170. The molecule has 0 aliphatic rings. The van der Waals surface area contributed by atoms with Gasteiger partial charge in [0.2, 0.25) is 0 Å². The summed E-state index contributed by atoms with van der Waals surface area (Å²) in [5, 5.41) is 18.9. The minimum atomic E-state index is -1.05. The van der Waals surface area contributed by atoms with Gasteiger partial charge in [-0.1, -0.05) is 0 Å². The number of halogens is 4. The van der Waals surface area contributed by atoms with Gasteiger partial charge in [0.1, 0.15) is 23.3 Å². The van der Waals surface area contributed by atoms with E-state index in [9.17, 15) is 9.90 Å². The Bertz CT molecular complexity index is 774. The molecule has 0 spiro atoms. The van der Waals surface area contributed by atoms with Gasteiger partial charge in [-0.25, -0.2) is 0 Å². The molecule has 2 aromatic rings. The van der Waals surface area contributed by atoms with E-state index in [1.807, 2.05) is 57.3 Å². The molecule has 4 N–H and O–H groups in total. The van der Waals surface area contributed by atoms with Gasteiger partial charge in [-0.15, -0.1) is 0 Å². The van der Waals surface area contributed by atoms with Crippen molar-refractivity contribution in [3.8, 4) is 17.2 Å². The number of ether oxygens (including phenoxy) is 1. The maximum absolute atomic E-state index is 11.1. The van der Waals surface area contributed by atoms with E-state index in [1.54, 1.807) is 12.1 Å². The Kier molecular flexibility index (Phi) is 7.64. The predicted octanol–water partition coefficient (Wildman–Crippen LogP) is 4.56. The van der Waals surface area contributed by atoms with Crippen LogP contribution in [0.3, 0.4) is 0 Å². The first-order valence-electron chi connectivity index (χ1n) is 6.51. The van der Waals surface area contributed by atoms with Gasteiger partial charge in [0.05, 0.1) is 10.7 Å². The number of phenols is 1. The average Bonchev–Trinajstić information content (AvgIpc) is 2.48. The number of phenolic OH excluding ortho intramolecular Hbond substituents is 1. The Labute approximate surface area is 193 Å². The number of benzene rings is 2. The molecule has 0 bridgehead atoms.